The molecule has 5 atom stereocenters. The van der Waals surface area contributed by atoms with Gasteiger partial charge in [0.25, 0.3) is 6.47 Å². The van der Waals surface area contributed by atoms with E-state index in [1.165, 1.54) is 0 Å². The van der Waals surface area contributed by atoms with E-state index < -0.39 is 60.8 Å². The van der Waals surface area contributed by atoms with Crippen molar-refractivity contribution in [2.45, 2.75) is 82.4 Å². The summed E-state index contributed by atoms with van der Waals surface area (Å²) in [4.78, 5) is 57.3. The summed E-state index contributed by atoms with van der Waals surface area (Å²) in [6.07, 6.45) is 11.1. The highest BCUT2D eigenvalue weighted by Crippen LogP contribution is 2.06. The number of hydrogen-bond donors (Lipinski definition) is 8. The fourth-order valence-corrected chi connectivity index (χ4v) is 3.38. The van der Waals surface area contributed by atoms with Crippen molar-refractivity contribution in [3.63, 3.8) is 0 Å². The molecule has 14 heteroatoms. The smallest absolute Gasteiger partial charge is 0.322 e. The number of rotatable bonds is 22. The predicted octanol–water partition coefficient (Wildman–Crippen LogP) is -0.123. The van der Waals surface area contributed by atoms with Gasteiger partial charge in [-0.25, -0.2) is 0 Å². The van der Waals surface area contributed by atoms with Gasteiger partial charge in [-0.3, -0.25) is 29.7 Å². The lowest BCUT2D eigenvalue weighted by Gasteiger charge is -2.25. The molecule has 0 aliphatic heterocycles. The van der Waals surface area contributed by atoms with Crippen molar-refractivity contribution in [1.82, 2.24) is 16.0 Å². The first-order chi connectivity index (χ1) is 22.0. The Morgan fingerprint density at radius 3 is 2.35 bits per heavy atom. The van der Waals surface area contributed by atoms with E-state index in [1.54, 1.807) is 48.6 Å². The number of nitrogens with one attached hydrogen (secondary N) is 3. The molecule has 46 heavy (non-hydrogen) atoms. The van der Waals surface area contributed by atoms with E-state index in [1.807, 2.05) is 6.92 Å². The van der Waals surface area contributed by atoms with Crippen molar-refractivity contribution in [2.24, 2.45) is 5.73 Å². The number of aliphatic carboxylic acids is 2. The molecule has 0 fully saturated rings. The summed E-state index contributed by atoms with van der Waals surface area (Å²) in [6.45, 7) is 1.11. The molecule has 0 aliphatic rings. The largest absolute Gasteiger partial charge is 0.481 e. The van der Waals surface area contributed by atoms with Crippen molar-refractivity contribution >= 4 is 30.2 Å². The summed E-state index contributed by atoms with van der Waals surface area (Å²) in [5, 5.41) is 45.8. The van der Waals surface area contributed by atoms with Gasteiger partial charge in [0.15, 0.2) is 6.23 Å². The van der Waals surface area contributed by atoms with Gasteiger partial charge in [0, 0.05) is 45.1 Å². The van der Waals surface area contributed by atoms with Crippen LogP contribution in [0.4, 0.5) is 0 Å². The Labute approximate surface area is 268 Å². The molecule has 0 aromatic rings. The Kier molecular flexibility index (Phi) is 23.9. The van der Waals surface area contributed by atoms with Crippen LogP contribution in [0.5, 0.6) is 0 Å². The van der Waals surface area contributed by atoms with Crippen LogP contribution in [0, 0.1) is 23.7 Å². The summed E-state index contributed by atoms with van der Waals surface area (Å²) in [6, 6.07) is -2.12. The number of carboxylic acid groups (broad SMARTS) is 2. The lowest BCUT2D eigenvalue weighted by Crippen LogP contribution is -2.55. The third-order valence-corrected chi connectivity index (χ3v) is 5.70. The Morgan fingerprint density at radius 2 is 1.67 bits per heavy atom. The second-order valence-corrected chi connectivity index (χ2v) is 9.54. The van der Waals surface area contributed by atoms with E-state index in [0.717, 1.165) is 6.42 Å². The van der Waals surface area contributed by atoms with Crippen LogP contribution >= 0.6 is 0 Å². The zero-order valence-corrected chi connectivity index (χ0v) is 25.8. The van der Waals surface area contributed by atoms with Crippen molar-refractivity contribution in [2.75, 3.05) is 13.1 Å². The molecule has 0 saturated carbocycles. The number of carboxylic acids is 2. The number of aliphatic hydroxyl groups is 2. The molecule has 0 radical (unpaired) electrons. The topological polar surface area (TPSA) is 238 Å². The molecule has 0 aliphatic carbocycles. The highest BCUT2D eigenvalue weighted by atomic mass is 16.5. The number of carbonyl (C=O) groups is 5. The van der Waals surface area contributed by atoms with Gasteiger partial charge >= 0.3 is 11.9 Å². The molecule has 14 nitrogen and oxygen atoms in total. The molecular formula is C32H44N4O10. The molecule has 0 aromatic carbocycles. The van der Waals surface area contributed by atoms with Crippen LogP contribution in [-0.2, 0) is 28.7 Å². The maximum atomic E-state index is 12.6. The van der Waals surface area contributed by atoms with Crippen LogP contribution in [-0.4, -0.2) is 94.3 Å². The molecule has 0 bridgehead atoms. The third kappa shape index (κ3) is 23.7. The molecule has 0 heterocycles. The van der Waals surface area contributed by atoms with E-state index in [-0.39, 0.29) is 38.7 Å². The summed E-state index contributed by atoms with van der Waals surface area (Å²) in [7, 11) is 0. The third-order valence-electron chi connectivity index (χ3n) is 5.70. The molecule has 0 spiro atoms. The maximum absolute atomic E-state index is 12.6. The van der Waals surface area contributed by atoms with Gasteiger partial charge in [-0.15, -0.1) is 11.8 Å². The molecule has 0 unspecified atom stereocenters. The first-order valence-electron chi connectivity index (χ1n) is 14.6. The fourth-order valence-electron chi connectivity index (χ4n) is 3.38. The second-order valence-electron chi connectivity index (χ2n) is 9.54. The maximum Gasteiger partial charge on any atom is 0.322 e. The average molecular weight is 645 g/mol. The molecule has 0 rings (SSSR count). The number of carbonyl (C=O) groups excluding carboxylic acids is 3. The minimum absolute atomic E-state index is 0.0372. The Hall–Kier alpha value is -4.73. The minimum Gasteiger partial charge on any atom is -0.481 e. The van der Waals surface area contributed by atoms with Crippen LogP contribution in [0.2, 0.25) is 0 Å². The van der Waals surface area contributed by atoms with Crippen LogP contribution in [0.25, 0.3) is 0 Å². The number of amides is 2. The highest BCUT2D eigenvalue weighted by Gasteiger charge is 2.24. The second kappa shape index (κ2) is 26.7. The van der Waals surface area contributed by atoms with E-state index in [9.17, 15) is 34.2 Å². The number of ether oxygens (including phenoxy) is 1. The summed E-state index contributed by atoms with van der Waals surface area (Å²) < 4.78 is 4.52. The van der Waals surface area contributed by atoms with E-state index in [0.29, 0.717) is 12.8 Å². The Morgan fingerprint density at radius 1 is 0.935 bits per heavy atom. The first kappa shape index (κ1) is 41.3. The van der Waals surface area contributed by atoms with Gasteiger partial charge in [0.1, 0.15) is 12.6 Å². The minimum atomic E-state index is -1.30. The molecular weight excluding hydrogens is 600 g/mol. The predicted molar refractivity (Wildman–Crippen MR) is 169 cm³/mol. The lowest BCUT2D eigenvalue weighted by molar-refractivity contribution is -0.139. The standard InChI is InChI=1S/C32H44N4O10/c1-2-3-11-14-24(38)15-12-9-7-5-4-6-8-10-13-16-25(27(39)17-20-30(41)42)34-21-26(32(45)35-22-31(43)44)36-29(40)19-18-28(33)46-23-37/h4,6,8,10,12-13,15-16,23-28,34,38-39H,2,5,14,17-22,33H2,1H3,(H,35,45)(H,36,40)(H,41,42)(H,43,44)/b6-4-,10-8+,15-12+,16-13+/t24-,25+,26-,27-,28+/m0/s1. The van der Waals surface area contributed by atoms with Gasteiger partial charge in [-0.2, -0.15) is 0 Å². The van der Waals surface area contributed by atoms with Crippen LogP contribution in [0.1, 0.15) is 51.9 Å². The van der Waals surface area contributed by atoms with E-state index >= 15 is 0 Å². The van der Waals surface area contributed by atoms with Crippen LogP contribution in [0.3, 0.4) is 0 Å². The van der Waals surface area contributed by atoms with E-state index in [2.05, 4.69) is 44.4 Å². The summed E-state index contributed by atoms with van der Waals surface area (Å²) in [5.74, 6) is 7.59. The van der Waals surface area contributed by atoms with Crippen LogP contribution in [0.15, 0.2) is 48.6 Å². The Bertz CT molecular complexity index is 1210. The molecule has 2 amide bonds. The lowest BCUT2D eigenvalue weighted by atomic mass is 10.0. The fraction of sp³-hybridized carbons (Fsp3) is 0.469. The summed E-state index contributed by atoms with van der Waals surface area (Å²) in [5.41, 5.74) is 5.52. The number of allylic oxidation sites excluding steroid dienone is 6. The average Bonchev–Trinajstić information content (AvgIpc) is 3.01. The SMILES string of the molecule is CCC#CC[C@H](O)/C=C/C#CC\C=C/C=C/C=C/[C@@H](NC[C@H](NC(=O)CC[C@H](N)OC=O)C(=O)NCC(=O)O)[C@@H](O)CCC(=O)O. The first-order valence-corrected chi connectivity index (χ1v) is 14.6. The van der Waals surface area contributed by atoms with Crippen molar-refractivity contribution in [3.8, 4) is 23.7 Å². The number of hydrogen-bond acceptors (Lipinski definition) is 10. The normalized spacial score (nSPS) is 14.4. The monoisotopic (exact) mass is 644 g/mol. The molecule has 252 valence electrons. The van der Waals surface area contributed by atoms with Gasteiger partial charge in [-0.1, -0.05) is 55.2 Å². The molecule has 9 N–H and O–H groups in total. The number of nitrogens with two attached hydrogens (primary N) is 1. The van der Waals surface area contributed by atoms with E-state index in [4.69, 9.17) is 15.9 Å². The van der Waals surface area contributed by atoms with Gasteiger partial charge in [0.05, 0.1) is 18.2 Å². The zero-order chi connectivity index (χ0) is 34.6. The van der Waals surface area contributed by atoms with Crippen molar-refractivity contribution in [3.05, 3.63) is 48.6 Å². The van der Waals surface area contributed by atoms with Crippen molar-refractivity contribution in [1.29, 1.82) is 0 Å². The summed E-state index contributed by atoms with van der Waals surface area (Å²) >= 11 is 0. The Balaban J connectivity index is 5.34. The quantitative estimate of drug-likeness (QED) is 0.0333. The number of aliphatic hydroxyl groups excluding tert-OH is 2. The highest BCUT2D eigenvalue weighted by molar-refractivity contribution is 5.89. The van der Waals surface area contributed by atoms with Crippen molar-refractivity contribution < 1.29 is 49.1 Å². The van der Waals surface area contributed by atoms with Gasteiger partial charge in [0.2, 0.25) is 11.8 Å². The molecule has 0 saturated heterocycles. The van der Waals surface area contributed by atoms with Crippen LogP contribution < -0.4 is 21.7 Å². The van der Waals surface area contributed by atoms with Gasteiger partial charge in [-0.05, 0) is 18.6 Å². The molecule has 0 aromatic heterocycles. The zero-order valence-electron chi connectivity index (χ0n) is 25.8. The van der Waals surface area contributed by atoms with Gasteiger partial charge < -0.3 is 41.1 Å².